The standard InChI is InChI=1S/C23H22N2O3S/c26-22(20-8-4-14-25(20)23(27)21-9-5-15-29-21)24-18-10-12-19(13-11-18)28-16-17-6-2-1-3-7-17/h1-3,5-7,9-13,15,20H,4,8,14,16H2,(H,24,26). The zero-order chi connectivity index (χ0) is 20.1. The van der Waals surface area contributed by atoms with Crippen molar-refractivity contribution in [3.05, 3.63) is 82.6 Å². The van der Waals surface area contributed by atoms with Gasteiger partial charge in [-0.1, -0.05) is 36.4 Å². The second-order valence-electron chi connectivity index (χ2n) is 6.92. The molecule has 148 valence electrons. The summed E-state index contributed by atoms with van der Waals surface area (Å²) in [6, 6.07) is 20.5. The average molecular weight is 407 g/mol. The number of carbonyl (C=O) groups excluding carboxylic acids is 2. The Morgan fingerprint density at radius 2 is 1.83 bits per heavy atom. The molecule has 1 unspecified atom stereocenters. The van der Waals surface area contributed by atoms with Crippen LogP contribution in [0.3, 0.4) is 0 Å². The number of carbonyl (C=O) groups is 2. The van der Waals surface area contributed by atoms with Crippen LogP contribution in [-0.2, 0) is 11.4 Å². The van der Waals surface area contributed by atoms with Gasteiger partial charge < -0.3 is 15.0 Å². The van der Waals surface area contributed by atoms with Crippen molar-refractivity contribution in [1.29, 1.82) is 0 Å². The molecular formula is C23H22N2O3S. The first-order valence-electron chi connectivity index (χ1n) is 9.63. The third kappa shape index (κ3) is 4.66. The van der Waals surface area contributed by atoms with Gasteiger partial charge >= 0.3 is 0 Å². The Balaban J connectivity index is 1.34. The Morgan fingerprint density at radius 1 is 1.03 bits per heavy atom. The summed E-state index contributed by atoms with van der Waals surface area (Å²) in [5, 5.41) is 4.80. The number of benzene rings is 2. The van der Waals surface area contributed by atoms with Crippen LogP contribution in [0, 0.1) is 0 Å². The van der Waals surface area contributed by atoms with Gasteiger partial charge in [0.15, 0.2) is 0 Å². The SMILES string of the molecule is O=C(Nc1ccc(OCc2ccccc2)cc1)C1CCCN1C(=O)c1cccs1. The summed E-state index contributed by atoms with van der Waals surface area (Å²) in [4.78, 5) is 27.8. The molecule has 1 aliphatic heterocycles. The van der Waals surface area contributed by atoms with Gasteiger partial charge in [-0.05, 0) is 54.1 Å². The summed E-state index contributed by atoms with van der Waals surface area (Å²) >= 11 is 1.40. The van der Waals surface area contributed by atoms with E-state index in [0.717, 1.165) is 17.7 Å². The molecule has 1 N–H and O–H groups in total. The van der Waals surface area contributed by atoms with Crippen molar-refractivity contribution in [2.24, 2.45) is 0 Å². The van der Waals surface area contributed by atoms with E-state index in [1.807, 2.05) is 66.0 Å². The summed E-state index contributed by atoms with van der Waals surface area (Å²) in [6.45, 7) is 1.11. The highest BCUT2D eigenvalue weighted by atomic mass is 32.1. The van der Waals surface area contributed by atoms with E-state index in [2.05, 4.69) is 5.32 Å². The van der Waals surface area contributed by atoms with Gasteiger partial charge in [0.1, 0.15) is 18.4 Å². The molecule has 29 heavy (non-hydrogen) atoms. The number of thiophene rings is 1. The van der Waals surface area contributed by atoms with Crippen molar-refractivity contribution in [3.63, 3.8) is 0 Å². The van der Waals surface area contributed by atoms with E-state index in [4.69, 9.17) is 4.74 Å². The highest BCUT2D eigenvalue weighted by molar-refractivity contribution is 7.12. The Morgan fingerprint density at radius 3 is 2.55 bits per heavy atom. The van der Waals surface area contributed by atoms with Gasteiger partial charge in [0.25, 0.3) is 5.91 Å². The number of nitrogens with zero attached hydrogens (tertiary/aromatic N) is 1. The number of amides is 2. The predicted octanol–water partition coefficient (Wildman–Crippen LogP) is 4.57. The first-order chi connectivity index (χ1) is 14.2. The minimum Gasteiger partial charge on any atom is -0.489 e. The lowest BCUT2D eigenvalue weighted by atomic mass is 10.2. The summed E-state index contributed by atoms with van der Waals surface area (Å²) < 4.78 is 5.78. The lowest BCUT2D eigenvalue weighted by Crippen LogP contribution is -2.42. The van der Waals surface area contributed by atoms with Crippen LogP contribution in [-0.4, -0.2) is 29.3 Å². The van der Waals surface area contributed by atoms with Crippen molar-refractivity contribution >= 4 is 28.8 Å². The van der Waals surface area contributed by atoms with Crippen molar-refractivity contribution < 1.29 is 14.3 Å². The average Bonchev–Trinajstić information content (AvgIpc) is 3.46. The molecule has 1 atom stereocenters. The fourth-order valence-corrected chi connectivity index (χ4v) is 4.10. The highest BCUT2D eigenvalue weighted by Crippen LogP contribution is 2.24. The van der Waals surface area contributed by atoms with E-state index in [0.29, 0.717) is 30.1 Å². The molecule has 0 radical (unpaired) electrons. The molecule has 6 heteroatoms. The highest BCUT2D eigenvalue weighted by Gasteiger charge is 2.34. The second-order valence-corrected chi connectivity index (χ2v) is 7.87. The summed E-state index contributed by atoms with van der Waals surface area (Å²) in [7, 11) is 0. The summed E-state index contributed by atoms with van der Waals surface area (Å²) in [5.74, 6) is 0.523. The van der Waals surface area contributed by atoms with Crippen LogP contribution in [0.25, 0.3) is 0 Å². The van der Waals surface area contributed by atoms with Gasteiger partial charge in [-0.3, -0.25) is 9.59 Å². The van der Waals surface area contributed by atoms with Gasteiger partial charge in [0, 0.05) is 12.2 Å². The Bertz CT molecular complexity index is 956. The van der Waals surface area contributed by atoms with Crippen molar-refractivity contribution in [3.8, 4) is 5.75 Å². The van der Waals surface area contributed by atoms with Gasteiger partial charge in [-0.15, -0.1) is 11.3 Å². The Hall–Kier alpha value is -3.12. The molecule has 5 nitrogen and oxygen atoms in total. The zero-order valence-corrected chi connectivity index (χ0v) is 16.7. The van der Waals surface area contributed by atoms with E-state index >= 15 is 0 Å². The number of nitrogens with one attached hydrogen (secondary N) is 1. The smallest absolute Gasteiger partial charge is 0.264 e. The fourth-order valence-electron chi connectivity index (χ4n) is 3.43. The van der Waals surface area contributed by atoms with Gasteiger partial charge in [-0.25, -0.2) is 0 Å². The third-order valence-corrected chi connectivity index (χ3v) is 5.78. The maximum Gasteiger partial charge on any atom is 0.264 e. The number of hydrogen-bond donors (Lipinski definition) is 1. The largest absolute Gasteiger partial charge is 0.489 e. The molecule has 2 aromatic carbocycles. The molecule has 0 aliphatic carbocycles. The summed E-state index contributed by atoms with van der Waals surface area (Å²) in [5.41, 5.74) is 1.79. The number of ether oxygens (including phenoxy) is 1. The van der Waals surface area contributed by atoms with E-state index in [1.165, 1.54) is 11.3 Å². The molecule has 1 aromatic heterocycles. The topological polar surface area (TPSA) is 58.6 Å². The molecule has 1 fully saturated rings. The summed E-state index contributed by atoms with van der Waals surface area (Å²) in [6.07, 6.45) is 1.52. The molecule has 2 amide bonds. The maximum absolute atomic E-state index is 12.8. The van der Waals surface area contributed by atoms with Crippen LogP contribution in [0.5, 0.6) is 5.75 Å². The third-order valence-electron chi connectivity index (χ3n) is 4.92. The van der Waals surface area contributed by atoms with E-state index < -0.39 is 6.04 Å². The minimum atomic E-state index is -0.432. The maximum atomic E-state index is 12.8. The molecule has 0 bridgehead atoms. The van der Waals surface area contributed by atoms with Crippen LogP contribution >= 0.6 is 11.3 Å². The monoisotopic (exact) mass is 406 g/mol. The van der Waals surface area contributed by atoms with E-state index in [1.54, 1.807) is 11.0 Å². The van der Waals surface area contributed by atoms with E-state index in [-0.39, 0.29) is 11.8 Å². The normalized spacial score (nSPS) is 15.9. The molecular weight excluding hydrogens is 384 g/mol. The Kier molecular flexibility index (Phi) is 5.91. The molecule has 0 spiro atoms. The van der Waals surface area contributed by atoms with Crippen LogP contribution in [0.1, 0.15) is 28.1 Å². The fraction of sp³-hybridized carbons (Fsp3) is 0.217. The quantitative estimate of drug-likeness (QED) is 0.652. The minimum absolute atomic E-state index is 0.0673. The van der Waals surface area contributed by atoms with Gasteiger partial charge in [0.05, 0.1) is 4.88 Å². The number of anilines is 1. The number of hydrogen-bond acceptors (Lipinski definition) is 4. The van der Waals surface area contributed by atoms with Gasteiger partial charge in [0.2, 0.25) is 5.91 Å². The van der Waals surface area contributed by atoms with Crippen molar-refractivity contribution in [2.75, 3.05) is 11.9 Å². The van der Waals surface area contributed by atoms with Crippen LogP contribution < -0.4 is 10.1 Å². The zero-order valence-electron chi connectivity index (χ0n) is 15.9. The lowest BCUT2D eigenvalue weighted by Gasteiger charge is -2.23. The molecule has 4 rings (SSSR count). The number of likely N-dealkylation sites (tertiary alicyclic amines) is 1. The molecule has 0 saturated carbocycles. The van der Waals surface area contributed by atoms with Crippen LogP contribution in [0.15, 0.2) is 72.1 Å². The first-order valence-corrected chi connectivity index (χ1v) is 10.5. The van der Waals surface area contributed by atoms with Gasteiger partial charge in [-0.2, -0.15) is 0 Å². The first kappa shape index (κ1) is 19.2. The Labute approximate surface area is 173 Å². The van der Waals surface area contributed by atoms with Crippen LogP contribution in [0.2, 0.25) is 0 Å². The van der Waals surface area contributed by atoms with Crippen LogP contribution in [0.4, 0.5) is 5.69 Å². The predicted molar refractivity (Wildman–Crippen MR) is 114 cm³/mol. The number of rotatable bonds is 6. The van der Waals surface area contributed by atoms with Crippen molar-refractivity contribution in [1.82, 2.24) is 4.90 Å². The van der Waals surface area contributed by atoms with Crippen molar-refractivity contribution in [2.45, 2.75) is 25.5 Å². The second kappa shape index (κ2) is 8.92. The molecule has 1 saturated heterocycles. The van der Waals surface area contributed by atoms with E-state index in [9.17, 15) is 9.59 Å². The molecule has 1 aliphatic rings. The molecule has 2 heterocycles. The molecule has 3 aromatic rings. The lowest BCUT2D eigenvalue weighted by molar-refractivity contribution is -0.119.